The monoisotopic (exact) mass is 195 g/mol. The average Bonchev–Trinajstić information content (AvgIpc) is 2.47. The Balaban J connectivity index is 2.80. The van der Waals surface area contributed by atoms with Crippen LogP contribution in [0.5, 0.6) is 0 Å². The lowest BCUT2D eigenvalue weighted by Crippen LogP contribution is -2.34. The van der Waals surface area contributed by atoms with E-state index in [4.69, 9.17) is 9.76 Å². The van der Waals surface area contributed by atoms with Crippen LogP contribution >= 0.6 is 0 Å². The summed E-state index contributed by atoms with van der Waals surface area (Å²) in [5.41, 5.74) is 0.00732. The fraction of sp³-hybridized carbons (Fsp3) is 0.444. The highest BCUT2D eigenvalue weighted by Gasteiger charge is 2.18. The third kappa shape index (κ3) is 2.63. The molecular weight excluding hydrogens is 181 g/mol. The maximum absolute atomic E-state index is 11.5. The van der Waals surface area contributed by atoms with E-state index < -0.39 is 11.7 Å². The lowest BCUT2D eigenvalue weighted by Gasteiger charge is -2.20. The molecule has 0 spiro atoms. The van der Waals surface area contributed by atoms with E-state index in [9.17, 15) is 4.79 Å². The summed E-state index contributed by atoms with van der Waals surface area (Å²) in [6, 6.07) is 3.36. The first-order chi connectivity index (χ1) is 6.44. The van der Waals surface area contributed by atoms with Crippen molar-refractivity contribution in [3.8, 4) is 0 Å². The molecule has 0 fully saturated rings. The predicted molar refractivity (Wildman–Crippen MR) is 55.1 cm³/mol. The molecule has 5 heteroatoms. The summed E-state index contributed by atoms with van der Waals surface area (Å²) in [6.07, 6.45) is 1.10. The van der Waals surface area contributed by atoms with E-state index in [1.165, 1.54) is 4.57 Å². The zero-order chi connectivity index (χ0) is 10.8. The van der Waals surface area contributed by atoms with Crippen molar-refractivity contribution in [1.29, 1.82) is 0 Å². The van der Waals surface area contributed by atoms with Crippen LogP contribution in [-0.4, -0.2) is 28.8 Å². The number of aromatic nitrogens is 1. The van der Waals surface area contributed by atoms with Crippen LogP contribution in [0, 0.1) is 0 Å². The number of carbonyl (C=O) groups is 1. The molecule has 1 N–H and O–H groups in total. The number of ether oxygens (including phenoxy) is 1. The molecule has 0 radical (unpaired) electrons. The summed E-state index contributed by atoms with van der Waals surface area (Å²) in [5, 5.41) is 8.93. The van der Waals surface area contributed by atoms with Gasteiger partial charge in [-0.05, 0) is 32.9 Å². The number of rotatable bonds is 1. The zero-order valence-electron chi connectivity index (χ0n) is 8.65. The van der Waals surface area contributed by atoms with Gasteiger partial charge in [0.25, 0.3) is 0 Å². The smallest absolute Gasteiger partial charge is 0.418 e. The van der Waals surface area contributed by atoms with E-state index >= 15 is 0 Å². The van der Waals surface area contributed by atoms with E-state index in [-0.39, 0.29) is 7.48 Å². The molecule has 0 bridgehead atoms. The number of carbonyl (C=O) groups excluding carboxylic acids is 1. The van der Waals surface area contributed by atoms with Gasteiger partial charge >= 0.3 is 13.6 Å². The minimum Gasteiger partial charge on any atom is -0.448 e. The first-order valence-corrected chi connectivity index (χ1v) is 4.44. The van der Waals surface area contributed by atoms with E-state index in [2.05, 4.69) is 0 Å². The Kier molecular flexibility index (Phi) is 3.01. The topological polar surface area (TPSA) is 51.5 Å². The van der Waals surface area contributed by atoms with Gasteiger partial charge in [-0.15, -0.1) is 0 Å². The van der Waals surface area contributed by atoms with E-state index in [1.54, 1.807) is 39.1 Å². The van der Waals surface area contributed by atoms with Gasteiger partial charge in [-0.2, -0.15) is 0 Å². The highest BCUT2D eigenvalue weighted by molar-refractivity contribution is 6.45. The SMILES string of the molecule is CC(C)(C)OC(=O)n1cccc1BO. The largest absolute Gasteiger partial charge is 0.448 e. The molecule has 0 aromatic carbocycles. The molecule has 1 rings (SSSR count). The van der Waals surface area contributed by atoms with Gasteiger partial charge in [-0.25, -0.2) is 4.79 Å². The Morgan fingerprint density at radius 1 is 1.57 bits per heavy atom. The van der Waals surface area contributed by atoms with Gasteiger partial charge in [-0.1, -0.05) is 0 Å². The van der Waals surface area contributed by atoms with Crippen LogP contribution in [0.3, 0.4) is 0 Å². The maximum Gasteiger partial charge on any atom is 0.418 e. The Morgan fingerprint density at radius 3 is 2.71 bits per heavy atom. The molecule has 1 heterocycles. The number of nitrogens with zero attached hydrogens (tertiary/aromatic N) is 1. The Morgan fingerprint density at radius 2 is 2.21 bits per heavy atom. The second-order valence-corrected chi connectivity index (χ2v) is 4.01. The molecule has 4 nitrogen and oxygen atoms in total. The molecule has 76 valence electrons. The molecule has 0 atom stereocenters. The van der Waals surface area contributed by atoms with E-state index in [0.717, 1.165) is 0 Å². The second kappa shape index (κ2) is 3.88. The quantitative estimate of drug-likeness (QED) is 0.653. The minimum absolute atomic E-state index is 0.174. The van der Waals surface area contributed by atoms with Crippen LogP contribution in [0.4, 0.5) is 4.79 Å². The fourth-order valence-corrected chi connectivity index (χ4v) is 1.03. The number of hydrogen-bond donors (Lipinski definition) is 1. The standard InChI is InChI=1S/C9H14BNO3/c1-9(2,3)14-8(12)11-6-4-5-7(11)10-13/h4-6,10,13H,1-3H3. The van der Waals surface area contributed by atoms with Crippen LogP contribution < -0.4 is 5.59 Å². The van der Waals surface area contributed by atoms with Crippen molar-refractivity contribution in [1.82, 2.24) is 4.57 Å². The number of hydrogen-bond acceptors (Lipinski definition) is 3. The normalized spacial score (nSPS) is 11.1. The lowest BCUT2D eigenvalue weighted by molar-refractivity contribution is 0.0542. The van der Waals surface area contributed by atoms with Crippen LogP contribution in [0.25, 0.3) is 0 Å². The summed E-state index contributed by atoms with van der Waals surface area (Å²) >= 11 is 0. The van der Waals surface area contributed by atoms with Crippen LogP contribution in [-0.2, 0) is 4.74 Å². The van der Waals surface area contributed by atoms with Crippen molar-refractivity contribution >= 4 is 19.2 Å². The van der Waals surface area contributed by atoms with Crippen LogP contribution in [0.2, 0.25) is 0 Å². The lowest BCUT2D eigenvalue weighted by atomic mass is 9.96. The first-order valence-electron chi connectivity index (χ1n) is 4.44. The first kappa shape index (κ1) is 10.9. The highest BCUT2D eigenvalue weighted by Crippen LogP contribution is 2.08. The Bertz CT molecular complexity index is 327. The van der Waals surface area contributed by atoms with Crippen molar-refractivity contribution in [2.24, 2.45) is 0 Å². The molecule has 1 aromatic rings. The van der Waals surface area contributed by atoms with Gasteiger partial charge in [0.15, 0.2) is 0 Å². The van der Waals surface area contributed by atoms with E-state index in [0.29, 0.717) is 5.59 Å². The van der Waals surface area contributed by atoms with Gasteiger partial charge in [0, 0.05) is 11.8 Å². The molecule has 0 aliphatic rings. The Hall–Kier alpha value is -1.23. The van der Waals surface area contributed by atoms with Crippen LogP contribution in [0.1, 0.15) is 20.8 Å². The minimum atomic E-state index is -0.520. The van der Waals surface area contributed by atoms with Gasteiger partial charge in [0.05, 0.1) is 0 Å². The predicted octanol–water partition coefficient (Wildman–Crippen LogP) is 0.240. The molecule has 0 saturated heterocycles. The van der Waals surface area contributed by atoms with Gasteiger partial charge < -0.3 is 9.76 Å². The molecular formula is C9H14BNO3. The van der Waals surface area contributed by atoms with Crippen molar-refractivity contribution in [2.45, 2.75) is 26.4 Å². The molecule has 1 aromatic heterocycles. The maximum atomic E-state index is 11.5. The Labute approximate surface area is 83.8 Å². The molecule has 0 aliphatic heterocycles. The molecule has 0 amide bonds. The summed E-state index contributed by atoms with van der Waals surface area (Å²) in [5.74, 6) is 0. The summed E-state index contributed by atoms with van der Waals surface area (Å²) in [7, 11) is -0.174. The third-order valence-corrected chi connectivity index (χ3v) is 1.59. The molecule has 0 unspecified atom stereocenters. The van der Waals surface area contributed by atoms with Gasteiger partial charge in [0.1, 0.15) is 5.60 Å². The summed E-state index contributed by atoms with van der Waals surface area (Å²) in [4.78, 5) is 11.5. The van der Waals surface area contributed by atoms with Crippen molar-refractivity contribution in [3.63, 3.8) is 0 Å². The van der Waals surface area contributed by atoms with Crippen LogP contribution in [0.15, 0.2) is 18.3 Å². The van der Waals surface area contributed by atoms with Crippen molar-refractivity contribution < 1.29 is 14.6 Å². The van der Waals surface area contributed by atoms with E-state index in [1.807, 2.05) is 0 Å². The zero-order valence-corrected chi connectivity index (χ0v) is 8.65. The van der Waals surface area contributed by atoms with Gasteiger partial charge in [-0.3, -0.25) is 4.57 Å². The van der Waals surface area contributed by atoms with Gasteiger partial charge in [0.2, 0.25) is 0 Å². The third-order valence-electron chi connectivity index (χ3n) is 1.59. The molecule has 0 saturated carbocycles. The summed E-state index contributed by atoms with van der Waals surface area (Å²) < 4.78 is 6.43. The van der Waals surface area contributed by atoms with Crippen molar-refractivity contribution in [2.75, 3.05) is 0 Å². The fourth-order valence-electron chi connectivity index (χ4n) is 1.03. The highest BCUT2D eigenvalue weighted by atomic mass is 16.6. The van der Waals surface area contributed by atoms with Crippen molar-refractivity contribution in [3.05, 3.63) is 18.3 Å². The average molecular weight is 195 g/mol. The summed E-state index contributed by atoms with van der Waals surface area (Å²) in [6.45, 7) is 5.40. The molecule has 14 heavy (non-hydrogen) atoms. The second-order valence-electron chi connectivity index (χ2n) is 4.01. The molecule has 0 aliphatic carbocycles.